The number of aromatic nitrogens is 1. The summed E-state index contributed by atoms with van der Waals surface area (Å²) in [6.07, 6.45) is 1.83. The number of esters is 1. The Balaban J connectivity index is 1.90. The molecule has 2 aromatic carbocycles. The van der Waals surface area contributed by atoms with Crippen molar-refractivity contribution in [1.29, 1.82) is 0 Å². The van der Waals surface area contributed by atoms with Crippen molar-refractivity contribution >= 4 is 23.4 Å². The number of carbonyl (C=O) groups excluding carboxylic acids is 1. The predicted octanol–water partition coefficient (Wildman–Crippen LogP) is 4.06. The molecule has 0 saturated carbocycles. The molecule has 7 heteroatoms. The standard InChI is InChI=1S/C26H25FN2O3S/c1-5-32-25(31)22-16(4)28-26-29(23(22)19-10-12-20(27)13-11-19)24(30)21(33-26)14-17-6-8-18(9-7-17)15(2)3/h6-15,23H,5H2,1-4H3. The third kappa shape index (κ3) is 4.46. The Morgan fingerprint density at radius 2 is 1.85 bits per heavy atom. The third-order valence-corrected chi connectivity index (χ3v) is 6.59. The molecular weight excluding hydrogens is 439 g/mol. The van der Waals surface area contributed by atoms with Gasteiger partial charge in [-0.05, 0) is 54.7 Å². The SMILES string of the molecule is CCOC(=O)C1=C(C)N=c2sc(=Cc3ccc(C(C)C)cc3)c(=O)n2C1c1ccc(F)cc1. The Morgan fingerprint density at radius 3 is 2.45 bits per heavy atom. The van der Waals surface area contributed by atoms with E-state index in [4.69, 9.17) is 4.74 Å². The van der Waals surface area contributed by atoms with Gasteiger partial charge in [0, 0.05) is 0 Å². The molecule has 1 unspecified atom stereocenters. The van der Waals surface area contributed by atoms with E-state index in [0.29, 0.717) is 26.5 Å². The highest BCUT2D eigenvalue weighted by Gasteiger charge is 2.33. The van der Waals surface area contributed by atoms with Gasteiger partial charge in [-0.2, -0.15) is 0 Å². The molecule has 0 N–H and O–H groups in total. The summed E-state index contributed by atoms with van der Waals surface area (Å²) in [7, 11) is 0. The minimum absolute atomic E-state index is 0.197. The highest BCUT2D eigenvalue weighted by atomic mass is 32.1. The fourth-order valence-corrected chi connectivity index (χ4v) is 4.93. The largest absolute Gasteiger partial charge is 0.463 e. The molecule has 0 amide bonds. The molecule has 0 saturated heterocycles. The van der Waals surface area contributed by atoms with Crippen LogP contribution in [0.1, 0.15) is 56.3 Å². The van der Waals surface area contributed by atoms with E-state index >= 15 is 0 Å². The second-order valence-electron chi connectivity index (χ2n) is 8.18. The molecule has 0 radical (unpaired) electrons. The van der Waals surface area contributed by atoms with Crippen LogP contribution in [0.4, 0.5) is 4.39 Å². The zero-order valence-electron chi connectivity index (χ0n) is 19.0. The molecule has 0 spiro atoms. The number of benzene rings is 2. The number of allylic oxidation sites excluding steroid dienone is 1. The average molecular weight is 465 g/mol. The van der Waals surface area contributed by atoms with Crippen molar-refractivity contribution in [1.82, 2.24) is 4.57 Å². The Morgan fingerprint density at radius 1 is 1.18 bits per heavy atom. The van der Waals surface area contributed by atoms with E-state index in [9.17, 15) is 14.0 Å². The fraction of sp³-hybridized carbons (Fsp3) is 0.269. The normalized spacial score (nSPS) is 16.1. The van der Waals surface area contributed by atoms with Crippen molar-refractivity contribution in [2.75, 3.05) is 6.61 Å². The van der Waals surface area contributed by atoms with Crippen molar-refractivity contribution in [2.24, 2.45) is 4.99 Å². The summed E-state index contributed by atoms with van der Waals surface area (Å²) < 4.78 is 20.9. The summed E-state index contributed by atoms with van der Waals surface area (Å²) in [6, 6.07) is 13.1. The zero-order valence-corrected chi connectivity index (χ0v) is 19.8. The number of carbonyl (C=O) groups is 1. The minimum Gasteiger partial charge on any atom is -0.463 e. The number of hydrogen-bond donors (Lipinski definition) is 0. The Kier molecular flexibility index (Phi) is 6.42. The summed E-state index contributed by atoms with van der Waals surface area (Å²) in [4.78, 5) is 31.4. The summed E-state index contributed by atoms with van der Waals surface area (Å²) in [5.74, 6) is -0.509. The highest BCUT2D eigenvalue weighted by molar-refractivity contribution is 7.07. The first kappa shape index (κ1) is 22.9. The molecule has 1 aromatic heterocycles. The van der Waals surface area contributed by atoms with Crippen LogP contribution in [-0.2, 0) is 9.53 Å². The first-order chi connectivity index (χ1) is 15.8. The monoisotopic (exact) mass is 464 g/mol. The van der Waals surface area contributed by atoms with E-state index in [2.05, 4.69) is 31.0 Å². The molecule has 5 nitrogen and oxygen atoms in total. The molecule has 0 aliphatic carbocycles. The molecule has 0 bridgehead atoms. The molecule has 3 aromatic rings. The van der Waals surface area contributed by atoms with Gasteiger partial charge in [-0.3, -0.25) is 9.36 Å². The predicted molar refractivity (Wildman–Crippen MR) is 127 cm³/mol. The van der Waals surface area contributed by atoms with E-state index in [0.717, 1.165) is 5.56 Å². The van der Waals surface area contributed by atoms with E-state index < -0.39 is 17.8 Å². The molecular formula is C26H25FN2O3S. The van der Waals surface area contributed by atoms with Crippen molar-refractivity contribution in [3.63, 3.8) is 0 Å². The lowest BCUT2D eigenvalue weighted by atomic mass is 9.96. The van der Waals surface area contributed by atoms with E-state index in [1.165, 1.54) is 33.6 Å². The first-order valence-electron chi connectivity index (χ1n) is 10.8. The van der Waals surface area contributed by atoms with Crippen LogP contribution in [-0.4, -0.2) is 17.1 Å². The molecule has 0 fully saturated rings. The fourth-order valence-electron chi connectivity index (χ4n) is 3.88. The summed E-state index contributed by atoms with van der Waals surface area (Å²) in [5.41, 5.74) is 3.25. The molecule has 170 valence electrons. The van der Waals surface area contributed by atoms with Gasteiger partial charge in [0.05, 0.1) is 28.5 Å². The quantitative estimate of drug-likeness (QED) is 0.535. The maximum Gasteiger partial charge on any atom is 0.338 e. The van der Waals surface area contributed by atoms with Gasteiger partial charge in [-0.1, -0.05) is 61.6 Å². The maximum absolute atomic E-state index is 13.6. The topological polar surface area (TPSA) is 60.7 Å². The lowest BCUT2D eigenvalue weighted by Gasteiger charge is -2.24. The van der Waals surface area contributed by atoms with Crippen LogP contribution >= 0.6 is 11.3 Å². The number of ether oxygens (including phenoxy) is 1. The van der Waals surface area contributed by atoms with Gasteiger partial charge in [-0.25, -0.2) is 14.2 Å². The van der Waals surface area contributed by atoms with E-state index in [-0.39, 0.29) is 17.7 Å². The first-order valence-corrected chi connectivity index (χ1v) is 11.7. The van der Waals surface area contributed by atoms with Crippen LogP contribution in [0.5, 0.6) is 0 Å². The van der Waals surface area contributed by atoms with Crippen molar-refractivity contribution < 1.29 is 13.9 Å². The number of hydrogen-bond acceptors (Lipinski definition) is 5. The van der Waals surface area contributed by atoms with Gasteiger partial charge in [0.2, 0.25) is 0 Å². The lowest BCUT2D eigenvalue weighted by Crippen LogP contribution is -2.39. The number of thiazole rings is 1. The second kappa shape index (κ2) is 9.27. The van der Waals surface area contributed by atoms with Crippen molar-refractivity contribution in [3.05, 3.63) is 102 Å². The van der Waals surface area contributed by atoms with Crippen LogP contribution in [0.15, 0.2) is 69.6 Å². The molecule has 33 heavy (non-hydrogen) atoms. The van der Waals surface area contributed by atoms with Crippen LogP contribution in [0.25, 0.3) is 6.08 Å². The average Bonchev–Trinajstić information content (AvgIpc) is 3.08. The molecule has 1 atom stereocenters. The Bertz CT molecular complexity index is 1400. The number of rotatable bonds is 5. The third-order valence-electron chi connectivity index (χ3n) is 5.60. The van der Waals surface area contributed by atoms with Crippen LogP contribution < -0.4 is 14.9 Å². The number of halogens is 1. The number of fused-ring (bicyclic) bond motifs is 1. The van der Waals surface area contributed by atoms with Crippen LogP contribution in [0, 0.1) is 5.82 Å². The zero-order chi connectivity index (χ0) is 23.7. The molecule has 1 aliphatic rings. The van der Waals surface area contributed by atoms with Gasteiger partial charge in [-0.15, -0.1) is 0 Å². The van der Waals surface area contributed by atoms with Crippen LogP contribution in [0.3, 0.4) is 0 Å². The van der Waals surface area contributed by atoms with Gasteiger partial charge < -0.3 is 4.74 Å². The van der Waals surface area contributed by atoms with Gasteiger partial charge in [0.1, 0.15) is 5.82 Å². The van der Waals surface area contributed by atoms with Gasteiger partial charge >= 0.3 is 5.97 Å². The van der Waals surface area contributed by atoms with Crippen molar-refractivity contribution in [3.8, 4) is 0 Å². The van der Waals surface area contributed by atoms with Gasteiger partial charge in [0.25, 0.3) is 5.56 Å². The minimum atomic E-state index is -0.744. The summed E-state index contributed by atoms with van der Waals surface area (Å²) in [6.45, 7) is 7.91. The van der Waals surface area contributed by atoms with Crippen molar-refractivity contribution in [2.45, 2.75) is 39.7 Å². The van der Waals surface area contributed by atoms with Crippen LogP contribution in [0.2, 0.25) is 0 Å². The van der Waals surface area contributed by atoms with E-state index in [1.54, 1.807) is 26.0 Å². The number of nitrogens with zero attached hydrogens (tertiary/aromatic N) is 2. The Labute approximate surface area is 195 Å². The maximum atomic E-state index is 13.6. The summed E-state index contributed by atoms with van der Waals surface area (Å²) >= 11 is 1.27. The molecule has 1 aliphatic heterocycles. The summed E-state index contributed by atoms with van der Waals surface area (Å²) in [5, 5.41) is 0. The van der Waals surface area contributed by atoms with Gasteiger partial charge in [0.15, 0.2) is 4.80 Å². The lowest BCUT2D eigenvalue weighted by molar-refractivity contribution is -0.139. The van der Waals surface area contributed by atoms with E-state index in [1.807, 2.05) is 18.2 Å². The second-order valence-corrected chi connectivity index (χ2v) is 9.18. The molecule has 4 rings (SSSR count). The highest BCUT2D eigenvalue weighted by Crippen LogP contribution is 2.30. The smallest absolute Gasteiger partial charge is 0.338 e. The molecule has 2 heterocycles. The Hall–Kier alpha value is -3.32.